The second-order valence-corrected chi connectivity index (χ2v) is 7.98. The van der Waals surface area contributed by atoms with Gasteiger partial charge in [0.2, 0.25) is 11.9 Å². The number of hydrogen-bond acceptors (Lipinski definition) is 8. The highest BCUT2D eigenvalue weighted by molar-refractivity contribution is 7.99. The Bertz CT molecular complexity index is 710. The van der Waals surface area contributed by atoms with E-state index in [0.717, 1.165) is 24.3 Å². The van der Waals surface area contributed by atoms with Crippen molar-refractivity contribution in [2.75, 3.05) is 24.7 Å². The van der Waals surface area contributed by atoms with Gasteiger partial charge in [-0.1, -0.05) is 23.2 Å². The van der Waals surface area contributed by atoms with Crippen molar-refractivity contribution >= 4 is 46.9 Å². The van der Waals surface area contributed by atoms with Gasteiger partial charge < -0.3 is 16.2 Å². The normalized spacial score (nSPS) is 19.2. The minimum atomic E-state index is -0.550. The Labute approximate surface area is 166 Å². The zero-order chi connectivity index (χ0) is 18.6. The maximum atomic E-state index is 6.04. The van der Waals surface area contributed by atoms with Crippen molar-refractivity contribution in [1.82, 2.24) is 5.06 Å². The lowest BCUT2D eigenvalue weighted by Gasteiger charge is -2.43. The van der Waals surface area contributed by atoms with E-state index in [1.165, 1.54) is 0 Å². The summed E-state index contributed by atoms with van der Waals surface area (Å²) < 4.78 is 5.66. The molecule has 0 aromatic heterocycles. The third-order valence-electron chi connectivity index (χ3n) is 4.10. The van der Waals surface area contributed by atoms with Crippen LogP contribution < -0.4 is 16.2 Å². The molecule has 26 heavy (non-hydrogen) atoms. The summed E-state index contributed by atoms with van der Waals surface area (Å²) >= 11 is 13.7. The highest BCUT2D eigenvalue weighted by Gasteiger charge is 2.43. The van der Waals surface area contributed by atoms with E-state index in [0.29, 0.717) is 35.4 Å². The van der Waals surface area contributed by atoms with E-state index in [2.05, 4.69) is 9.98 Å². The molecule has 0 saturated carbocycles. The number of guanidine groups is 2. The van der Waals surface area contributed by atoms with E-state index in [1.54, 1.807) is 23.3 Å². The molecule has 4 N–H and O–H groups in total. The maximum Gasteiger partial charge on any atom is 0.226 e. The van der Waals surface area contributed by atoms with Crippen molar-refractivity contribution in [2.45, 2.75) is 24.9 Å². The number of aliphatic imine (C=N–C) groups is 2. The van der Waals surface area contributed by atoms with Gasteiger partial charge in [0.15, 0.2) is 5.66 Å². The third kappa shape index (κ3) is 4.49. The molecule has 0 bridgehead atoms. The van der Waals surface area contributed by atoms with Crippen LogP contribution in [0.2, 0.25) is 10.0 Å². The number of nitrogens with two attached hydrogens (primary N) is 2. The van der Waals surface area contributed by atoms with Crippen LogP contribution in [0, 0.1) is 0 Å². The van der Waals surface area contributed by atoms with Crippen molar-refractivity contribution in [2.24, 2.45) is 21.5 Å². The topological polar surface area (TPSA) is 98.5 Å². The van der Waals surface area contributed by atoms with Crippen LogP contribution >= 0.6 is 35.0 Å². The lowest BCUT2D eigenvalue weighted by atomic mass is 10.0. The average molecular weight is 418 g/mol. The summed E-state index contributed by atoms with van der Waals surface area (Å²) in [6.45, 7) is 0.888. The second kappa shape index (κ2) is 8.56. The molecule has 1 aromatic carbocycles. The van der Waals surface area contributed by atoms with Crippen LogP contribution in [-0.2, 0) is 4.84 Å². The van der Waals surface area contributed by atoms with Gasteiger partial charge in [0.1, 0.15) is 5.75 Å². The van der Waals surface area contributed by atoms with Crippen molar-refractivity contribution < 1.29 is 9.57 Å². The Kier molecular flexibility index (Phi) is 6.39. The Hall–Kier alpha value is -1.35. The molecule has 0 aliphatic carbocycles. The first-order valence-electron chi connectivity index (χ1n) is 8.28. The zero-order valence-corrected chi connectivity index (χ0v) is 16.5. The summed E-state index contributed by atoms with van der Waals surface area (Å²) in [4.78, 5) is 14.5. The average Bonchev–Trinajstić information content (AvgIpc) is 2.60. The van der Waals surface area contributed by atoms with Gasteiger partial charge in [-0.25, -0.2) is 4.99 Å². The first kappa shape index (κ1) is 19.4. The lowest BCUT2D eigenvalue weighted by molar-refractivity contribution is -0.171. The number of hydroxylamine groups is 2. The first-order chi connectivity index (χ1) is 12.5. The van der Waals surface area contributed by atoms with Crippen LogP contribution in [0.25, 0.3) is 0 Å². The molecular formula is C16H21Cl2N5O2S. The molecule has 2 aliphatic heterocycles. The summed E-state index contributed by atoms with van der Waals surface area (Å²) in [6.07, 6.45) is 2.29. The van der Waals surface area contributed by atoms with Gasteiger partial charge in [0, 0.05) is 25.3 Å². The molecule has 0 atom stereocenters. The van der Waals surface area contributed by atoms with Crippen molar-refractivity contribution in [1.29, 1.82) is 0 Å². The molecule has 10 heteroatoms. The minimum absolute atomic E-state index is 0.206. The van der Waals surface area contributed by atoms with Crippen LogP contribution in [0.3, 0.4) is 0 Å². The predicted molar refractivity (Wildman–Crippen MR) is 107 cm³/mol. The molecule has 0 radical (unpaired) electrons. The largest absolute Gasteiger partial charge is 0.493 e. The summed E-state index contributed by atoms with van der Waals surface area (Å²) in [7, 11) is 0. The Balaban J connectivity index is 1.51. The van der Waals surface area contributed by atoms with E-state index in [-0.39, 0.29) is 11.9 Å². The van der Waals surface area contributed by atoms with Crippen LogP contribution in [0.15, 0.2) is 28.2 Å². The van der Waals surface area contributed by atoms with Crippen LogP contribution in [0.5, 0.6) is 5.75 Å². The fourth-order valence-electron chi connectivity index (χ4n) is 2.83. The van der Waals surface area contributed by atoms with Gasteiger partial charge in [-0.3, -0.25) is 4.84 Å². The van der Waals surface area contributed by atoms with Gasteiger partial charge in [-0.05, 0) is 23.6 Å². The van der Waals surface area contributed by atoms with Gasteiger partial charge in [-0.15, -0.1) is 0 Å². The van der Waals surface area contributed by atoms with Gasteiger partial charge in [0.05, 0.1) is 23.3 Å². The quantitative estimate of drug-likeness (QED) is 0.690. The highest BCUT2D eigenvalue weighted by Crippen LogP contribution is 2.35. The smallest absolute Gasteiger partial charge is 0.226 e. The fourth-order valence-corrected chi connectivity index (χ4v) is 4.27. The minimum Gasteiger partial charge on any atom is -0.493 e. The highest BCUT2D eigenvalue weighted by atomic mass is 35.5. The van der Waals surface area contributed by atoms with Gasteiger partial charge in [-0.2, -0.15) is 21.8 Å². The van der Waals surface area contributed by atoms with Crippen LogP contribution in [0.4, 0.5) is 0 Å². The molecule has 2 heterocycles. The van der Waals surface area contributed by atoms with Gasteiger partial charge >= 0.3 is 0 Å². The maximum absolute atomic E-state index is 6.04. The second-order valence-electron chi connectivity index (χ2n) is 5.94. The summed E-state index contributed by atoms with van der Waals surface area (Å²) in [5.41, 5.74) is 11.3. The number of halogens is 2. The molecule has 0 amide bonds. The monoisotopic (exact) mass is 417 g/mol. The number of hydrogen-bond donors (Lipinski definition) is 2. The molecule has 1 spiro atoms. The van der Waals surface area contributed by atoms with E-state index in [1.807, 2.05) is 11.8 Å². The molecule has 7 nitrogen and oxygen atoms in total. The number of rotatable bonds is 6. The molecule has 1 saturated heterocycles. The number of nitrogens with zero attached hydrogens (tertiary/aromatic N) is 3. The van der Waals surface area contributed by atoms with Crippen LogP contribution in [-0.4, -0.2) is 47.4 Å². The van der Waals surface area contributed by atoms with Gasteiger partial charge in [0.25, 0.3) is 0 Å². The Morgan fingerprint density at radius 2 is 1.92 bits per heavy atom. The molecule has 1 fully saturated rings. The third-order valence-corrected chi connectivity index (χ3v) is 5.82. The molecule has 3 rings (SSSR count). The van der Waals surface area contributed by atoms with Crippen molar-refractivity contribution in [3.8, 4) is 5.75 Å². The fraction of sp³-hybridized carbons (Fsp3) is 0.500. The summed E-state index contributed by atoms with van der Waals surface area (Å²) in [5.74, 6) is 3.07. The van der Waals surface area contributed by atoms with Crippen molar-refractivity contribution in [3.63, 3.8) is 0 Å². The van der Waals surface area contributed by atoms with Crippen molar-refractivity contribution in [3.05, 3.63) is 28.2 Å². The Morgan fingerprint density at radius 3 is 2.65 bits per heavy atom. The number of ether oxygens (including phenoxy) is 1. The van der Waals surface area contributed by atoms with E-state index in [9.17, 15) is 0 Å². The number of benzene rings is 1. The van der Waals surface area contributed by atoms with E-state index in [4.69, 9.17) is 44.2 Å². The summed E-state index contributed by atoms with van der Waals surface area (Å²) in [5, 5.41) is 2.57. The summed E-state index contributed by atoms with van der Waals surface area (Å²) in [6, 6.07) is 5.16. The van der Waals surface area contributed by atoms with E-state index < -0.39 is 5.66 Å². The standard InChI is InChI=1S/C16H21Cl2N5O2S/c17-12-3-2-11(10-13(12)18)24-6-1-7-25-23-15(20)21-14(19)22-16(23)4-8-26-9-5-16/h2-3,10H,1,4-9H2,(H4,19,20,21,22). The molecule has 142 valence electrons. The predicted octanol–water partition coefficient (Wildman–Crippen LogP) is 2.86. The zero-order valence-electron chi connectivity index (χ0n) is 14.2. The number of thioether (sulfide) groups is 1. The SMILES string of the molecule is NC1=NC2(CCSCC2)N(OCCCOc2ccc(Cl)c(Cl)c2)C(N)=N1. The molecular weight excluding hydrogens is 397 g/mol. The first-order valence-corrected chi connectivity index (χ1v) is 10.2. The molecule has 0 unspecified atom stereocenters. The molecule has 2 aliphatic rings. The molecule has 1 aromatic rings. The lowest BCUT2D eigenvalue weighted by Crippen LogP contribution is -2.58. The Morgan fingerprint density at radius 1 is 1.15 bits per heavy atom. The van der Waals surface area contributed by atoms with Crippen LogP contribution in [0.1, 0.15) is 19.3 Å². The van der Waals surface area contributed by atoms with E-state index >= 15 is 0 Å².